The molecule has 3 nitrogen and oxygen atoms in total. The lowest BCUT2D eigenvalue weighted by atomic mass is 10.1. The van der Waals surface area contributed by atoms with Crippen LogP contribution < -0.4 is 4.72 Å². The van der Waals surface area contributed by atoms with E-state index in [1.165, 1.54) is 18.5 Å². The van der Waals surface area contributed by atoms with Crippen molar-refractivity contribution in [2.75, 3.05) is 0 Å². The van der Waals surface area contributed by atoms with Crippen LogP contribution in [0.15, 0.2) is 18.3 Å². The van der Waals surface area contributed by atoms with Crippen LogP contribution in [0.5, 0.6) is 0 Å². The molecule has 0 bridgehead atoms. The molecule has 1 saturated carbocycles. The zero-order valence-electron chi connectivity index (χ0n) is 11.6. The van der Waals surface area contributed by atoms with Crippen molar-refractivity contribution < 1.29 is 4.55 Å². The molecule has 1 N–H and O–H groups in total. The fourth-order valence-corrected chi connectivity index (χ4v) is 2.51. The highest BCUT2D eigenvalue weighted by Crippen LogP contribution is 2.38. The lowest BCUT2D eigenvalue weighted by molar-refractivity contribution is 0.531. The van der Waals surface area contributed by atoms with Crippen molar-refractivity contribution in [3.63, 3.8) is 0 Å². The molecule has 2 unspecified atom stereocenters. The monoisotopic (exact) mass is 266 g/mol. The second-order valence-electron chi connectivity index (χ2n) is 6.01. The van der Waals surface area contributed by atoms with E-state index in [4.69, 9.17) is 0 Å². The van der Waals surface area contributed by atoms with Gasteiger partial charge in [0.15, 0.2) is 0 Å². The van der Waals surface area contributed by atoms with Crippen LogP contribution in [0.3, 0.4) is 0 Å². The SMILES string of the molecule is CC(N[S+]([O-])C(C)(C)C)c1ccc(C2CC2)nc1. The van der Waals surface area contributed by atoms with Gasteiger partial charge in [0.1, 0.15) is 4.75 Å². The maximum atomic E-state index is 12.0. The van der Waals surface area contributed by atoms with E-state index < -0.39 is 11.4 Å². The highest BCUT2D eigenvalue weighted by molar-refractivity contribution is 7.90. The maximum absolute atomic E-state index is 12.0. The van der Waals surface area contributed by atoms with Crippen molar-refractivity contribution in [1.29, 1.82) is 0 Å². The lowest BCUT2D eigenvalue weighted by Crippen LogP contribution is -2.40. The predicted molar refractivity (Wildman–Crippen MR) is 75.7 cm³/mol. The average Bonchev–Trinajstić information content (AvgIpc) is 3.11. The summed E-state index contributed by atoms with van der Waals surface area (Å²) >= 11 is -1.05. The Kier molecular flexibility index (Phi) is 3.99. The zero-order valence-corrected chi connectivity index (χ0v) is 12.4. The first-order valence-corrected chi connectivity index (χ1v) is 7.67. The molecule has 1 aromatic rings. The minimum atomic E-state index is -1.05. The highest BCUT2D eigenvalue weighted by atomic mass is 32.2. The molecule has 0 aliphatic heterocycles. The molecule has 4 heteroatoms. The fourth-order valence-electron chi connectivity index (χ4n) is 1.70. The standard InChI is InChI=1S/C14H22N2OS/c1-10(16-18(17)14(2,3)4)12-7-8-13(15-9-12)11-5-6-11/h7-11,16H,5-6H2,1-4H3. The summed E-state index contributed by atoms with van der Waals surface area (Å²) in [6.07, 6.45) is 4.45. The summed E-state index contributed by atoms with van der Waals surface area (Å²) in [6, 6.07) is 4.26. The summed E-state index contributed by atoms with van der Waals surface area (Å²) in [6.45, 7) is 7.93. The molecular formula is C14H22N2OS. The van der Waals surface area contributed by atoms with Crippen LogP contribution in [0, 0.1) is 0 Å². The van der Waals surface area contributed by atoms with Gasteiger partial charge in [-0.05, 0) is 52.2 Å². The van der Waals surface area contributed by atoms with Gasteiger partial charge in [-0.3, -0.25) is 4.98 Å². The number of pyridine rings is 1. The van der Waals surface area contributed by atoms with Gasteiger partial charge < -0.3 is 4.55 Å². The van der Waals surface area contributed by atoms with Crippen LogP contribution in [0.25, 0.3) is 0 Å². The molecule has 1 heterocycles. The molecule has 1 aromatic heterocycles. The molecule has 1 fully saturated rings. The summed E-state index contributed by atoms with van der Waals surface area (Å²) in [4.78, 5) is 4.49. The quantitative estimate of drug-likeness (QED) is 0.852. The molecule has 1 aliphatic carbocycles. The first-order valence-electron chi connectivity index (χ1n) is 6.52. The average molecular weight is 266 g/mol. The van der Waals surface area contributed by atoms with Crippen LogP contribution >= 0.6 is 0 Å². The van der Waals surface area contributed by atoms with E-state index in [-0.39, 0.29) is 10.8 Å². The largest absolute Gasteiger partial charge is 0.598 e. The molecule has 0 spiro atoms. The minimum Gasteiger partial charge on any atom is -0.598 e. The van der Waals surface area contributed by atoms with E-state index in [9.17, 15) is 4.55 Å². The van der Waals surface area contributed by atoms with Gasteiger partial charge in [-0.2, -0.15) is 0 Å². The zero-order chi connectivity index (χ0) is 13.3. The molecule has 1 aliphatic rings. The number of hydrogen-bond acceptors (Lipinski definition) is 3. The number of rotatable bonds is 4. The van der Waals surface area contributed by atoms with Gasteiger partial charge in [-0.25, -0.2) is 0 Å². The lowest BCUT2D eigenvalue weighted by Gasteiger charge is -2.26. The Labute approximate surface area is 113 Å². The van der Waals surface area contributed by atoms with E-state index >= 15 is 0 Å². The summed E-state index contributed by atoms with van der Waals surface area (Å²) in [7, 11) is 0. The van der Waals surface area contributed by atoms with Gasteiger partial charge in [0.05, 0.1) is 6.04 Å². The van der Waals surface area contributed by atoms with Crippen LogP contribution in [-0.2, 0) is 11.4 Å². The van der Waals surface area contributed by atoms with Crippen LogP contribution in [0.4, 0.5) is 0 Å². The van der Waals surface area contributed by atoms with E-state index in [1.807, 2.05) is 33.9 Å². The molecule has 0 saturated heterocycles. The van der Waals surface area contributed by atoms with Crippen LogP contribution in [0.2, 0.25) is 0 Å². The second kappa shape index (κ2) is 5.19. The van der Waals surface area contributed by atoms with Crippen molar-refractivity contribution >= 4 is 11.4 Å². The minimum absolute atomic E-state index is 0.0609. The van der Waals surface area contributed by atoms with E-state index in [1.54, 1.807) is 0 Å². The van der Waals surface area contributed by atoms with Crippen molar-refractivity contribution in [2.24, 2.45) is 0 Å². The number of hydrogen-bond donors (Lipinski definition) is 1. The third-order valence-corrected chi connectivity index (χ3v) is 4.82. The van der Waals surface area contributed by atoms with E-state index in [2.05, 4.69) is 21.8 Å². The van der Waals surface area contributed by atoms with Gasteiger partial charge in [0.2, 0.25) is 0 Å². The molecule has 18 heavy (non-hydrogen) atoms. The Balaban J connectivity index is 1.97. The third kappa shape index (κ3) is 3.46. The number of nitrogens with one attached hydrogen (secondary N) is 1. The first kappa shape index (κ1) is 13.8. The third-order valence-electron chi connectivity index (χ3n) is 3.14. The Morgan fingerprint density at radius 3 is 2.50 bits per heavy atom. The van der Waals surface area contributed by atoms with Crippen LogP contribution in [-0.4, -0.2) is 14.3 Å². The highest BCUT2D eigenvalue weighted by Gasteiger charge is 2.29. The predicted octanol–water partition coefficient (Wildman–Crippen LogP) is 3.07. The van der Waals surface area contributed by atoms with Gasteiger partial charge in [0, 0.05) is 29.2 Å². The first-order chi connectivity index (χ1) is 8.38. The van der Waals surface area contributed by atoms with Crippen molar-refractivity contribution in [2.45, 2.75) is 57.2 Å². The second-order valence-corrected chi connectivity index (χ2v) is 8.01. The molecule has 2 rings (SSSR count). The van der Waals surface area contributed by atoms with Crippen molar-refractivity contribution in [3.8, 4) is 0 Å². The molecule has 2 atom stereocenters. The van der Waals surface area contributed by atoms with Crippen LogP contribution in [0.1, 0.15) is 63.8 Å². The summed E-state index contributed by atoms with van der Waals surface area (Å²) in [5, 5.41) is 0. The van der Waals surface area contributed by atoms with E-state index in [0.29, 0.717) is 5.92 Å². The number of nitrogens with zero attached hydrogens (tertiary/aromatic N) is 1. The Bertz CT molecular complexity index is 395. The van der Waals surface area contributed by atoms with Gasteiger partial charge >= 0.3 is 0 Å². The Hall–Kier alpha value is -0.580. The van der Waals surface area contributed by atoms with E-state index in [0.717, 1.165) is 5.56 Å². The Morgan fingerprint density at radius 1 is 1.39 bits per heavy atom. The fraction of sp³-hybridized carbons (Fsp3) is 0.643. The number of aromatic nitrogens is 1. The molecule has 0 amide bonds. The molecule has 0 aromatic carbocycles. The Morgan fingerprint density at radius 2 is 2.06 bits per heavy atom. The topological polar surface area (TPSA) is 48.0 Å². The van der Waals surface area contributed by atoms with Gasteiger partial charge in [-0.15, -0.1) is 4.72 Å². The van der Waals surface area contributed by atoms with Gasteiger partial charge in [-0.1, -0.05) is 6.07 Å². The molecular weight excluding hydrogens is 244 g/mol. The summed E-state index contributed by atoms with van der Waals surface area (Å²) in [5.74, 6) is 0.686. The summed E-state index contributed by atoms with van der Waals surface area (Å²) < 4.78 is 14.9. The van der Waals surface area contributed by atoms with Gasteiger partial charge in [0.25, 0.3) is 0 Å². The maximum Gasteiger partial charge on any atom is 0.136 e. The molecule has 100 valence electrons. The normalized spacial score (nSPS) is 19.6. The van der Waals surface area contributed by atoms with Crippen molar-refractivity contribution in [3.05, 3.63) is 29.6 Å². The smallest absolute Gasteiger partial charge is 0.136 e. The molecule has 0 radical (unpaired) electrons. The summed E-state index contributed by atoms with van der Waals surface area (Å²) in [5.41, 5.74) is 2.29. The van der Waals surface area contributed by atoms with Crippen molar-refractivity contribution in [1.82, 2.24) is 9.71 Å².